The van der Waals surface area contributed by atoms with Crippen LogP contribution in [0.4, 0.5) is 0 Å². The van der Waals surface area contributed by atoms with Gasteiger partial charge in [-0.2, -0.15) is 11.8 Å². The first-order valence-electron chi connectivity index (χ1n) is 6.72. The third-order valence-electron chi connectivity index (χ3n) is 3.77. The van der Waals surface area contributed by atoms with Gasteiger partial charge in [0.2, 0.25) is 5.91 Å². The van der Waals surface area contributed by atoms with E-state index < -0.39 is 0 Å². The molecule has 0 saturated carbocycles. The van der Waals surface area contributed by atoms with Gasteiger partial charge in [-0.1, -0.05) is 13.8 Å². The molecular weight excluding hydrogens is 232 g/mol. The van der Waals surface area contributed by atoms with Gasteiger partial charge in [0.15, 0.2) is 0 Å². The summed E-state index contributed by atoms with van der Waals surface area (Å²) in [4.78, 5) is 14.3. The smallest absolute Gasteiger partial charge is 0.224 e. The zero-order chi connectivity index (χ0) is 12.3. The molecule has 1 atom stereocenters. The second-order valence-corrected chi connectivity index (χ2v) is 7.54. The van der Waals surface area contributed by atoms with Crippen molar-refractivity contribution in [1.29, 1.82) is 0 Å². The van der Waals surface area contributed by atoms with Crippen LogP contribution in [-0.2, 0) is 4.79 Å². The van der Waals surface area contributed by atoms with Crippen LogP contribution in [0.2, 0.25) is 0 Å². The van der Waals surface area contributed by atoms with Crippen molar-refractivity contribution in [1.82, 2.24) is 10.2 Å². The summed E-state index contributed by atoms with van der Waals surface area (Å²) in [5.74, 6) is 1.43. The van der Waals surface area contributed by atoms with E-state index in [0.29, 0.717) is 23.1 Å². The summed E-state index contributed by atoms with van der Waals surface area (Å²) in [5.41, 5.74) is 0. The minimum atomic E-state index is 0.334. The second kappa shape index (κ2) is 5.61. The Balaban J connectivity index is 1.82. The first kappa shape index (κ1) is 13.2. The highest BCUT2D eigenvalue weighted by molar-refractivity contribution is 8.00. The fraction of sp³-hybridized carbons (Fsp3) is 0.923. The zero-order valence-electron chi connectivity index (χ0n) is 11.0. The lowest BCUT2D eigenvalue weighted by molar-refractivity contribution is -0.131. The number of amides is 1. The quantitative estimate of drug-likeness (QED) is 0.818. The first-order chi connectivity index (χ1) is 8.07. The maximum absolute atomic E-state index is 12.2. The molecule has 2 aliphatic heterocycles. The summed E-state index contributed by atoms with van der Waals surface area (Å²) in [6, 6.07) is 0.436. The van der Waals surface area contributed by atoms with Crippen molar-refractivity contribution in [3.63, 3.8) is 0 Å². The molecule has 0 aromatic heterocycles. The van der Waals surface area contributed by atoms with Crippen LogP contribution >= 0.6 is 11.8 Å². The standard InChI is InChI=1S/C13H24N2OS/c1-13(2)5-7-15(8-9-17-13)12(16)10-11-4-3-6-14-11/h11,14H,3-10H2,1-2H3. The van der Waals surface area contributed by atoms with Gasteiger partial charge in [0.25, 0.3) is 0 Å². The Hall–Kier alpha value is -0.220. The SMILES string of the molecule is CC1(C)CCN(C(=O)CC2CCCN2)CCS1. The molecule has 0 bridgehead atoms. The lowest BCUT2D eigenvalue weighted by atomic mass is 10.1. The van der Waals surface area contributed by atoms with Crippen molar-refractivity contribution in [3.05, 3.63) is 0 Å². The number of hydrogen-bond donors (Lipinski definition) is 1. The van der Waals surface area contributed by atoms with Crippen molar-refractivity contribution < 1.29 is 4.79 Å². The highest BCUT2D eigenvalue weighted by Crippen LogP contribution is 2.30. The fourth-order valence-corrected chi connectivity index (χ4v) is 3.64. The van der Waals surface area contributed by atoms with Gasteiger partial charge in [-0.25, -0.2) is 0 Å². The maximum Gasteiger partial charge on any atom is 0.224 e. The van der Waals surface area contributed by atoms with E-state index in [9.17, 15) is 4.79 Å². The molecule has 1 N–H and O–H groups in total. The van der Waals surface area contributed by atoms with Crippen LogP contribution in [0.5, 0.6) is 0 Å². The Morgan fingerprint density at radius 1 is 1.47 bits per heavy atom. The molecule has 0 aromatic carbocycles. The summed E-state index contributed by atoms with van der Waals surface area (Å²) >= 11 is 2.00. The van der Waals surface area contributed by atoms with Gasteiger partial charge >= 0.3 is 0 Å². The van der Waals surface area contributed by atoms with Crippen LogP contribution < -0.4 is 5.32 Å². The zero-order valence-corrected chi connectivity index (χ0v) is 11.8. The molecule has 4 heteroatoms. The van der Waals surface area contributed by atoms with Crippen LogP contribution in [0.1, 0.15) is 39.5 Å². The van der Waals surface area contributed by atoms with Crippen molar-refractivity contribution in [2.24, 2.45) is 0 Å². The molecule has 98 valence electrons. The van der Waals surface area contributed by atoms with E-state index in [1.54, 1.807) is 0 Å². The number of nitrogens with zero attached hydrogens (tertiary/aromatic N) is 1. The van der Waals surface area contributed by atoms with Gasteiger partial charge in [0, 0.05) is 36.1 Å². The van der Waals surface area contributed by atoms with Crippen LogP contribution in [-0.4, -0.2) is 47.0 Å². The Morgan fingerprint density at radius 3 is 3.00 bits per heavy atom. The largest absolute Gasteiger partial charge is 0.342 e. The molecular formula is C13H24N2OS. The highest BCUT2D eigenvalue weighted by atomic mass is 32.2. The summed E-state index contributed by atoms with van der Waals surface area (Å²) in [5, 5.41) is 3.41. The van der Waals surface area contributed by atoms with Gasteiger partial charge in [-0.05, 0) is 25.8 Å². The Kier molecular flexibility index (Phi) is 4.36. The normalized spacial score (nSPS) is 29.1. The van der Waals surface area contributed by atoms with Crippen LogP contribution in [0.25, 0.3) is 0 Å². The molecule has 2 rings (SSSR count). The maximum atomic E-state index is 12.2. The molecule has 2 aliphatic rings. The third-order valence-corrected chi connectivity index (χ3v) is 5.15. The van der Waals surface area contributed by atoms with E-state index in [0.717, 1.165) is 31.8 Å². The van der Waals surface area contributed by atoms with Gasteiger partial charge in [0.1, 0.15) is 0 Å². The van der Waals surface area contributed by atoms with Gasteiger partial charge < -0.3 is 10.2 Å². The summed E-state index contributed by atoms with van der Waals surface area (Å²) < 4.78 is 0.334. The molecule has 0 spiro atoms. The van der Waals surface area contributed by atoms with Gasteiger partial charge in [0.05, 0.1) is 0 Å². The molecule has 2 heterocycles. The average molecular weight is 256 g/mol. The number of hydrogen-bond acceptors (Lipinski definition) is 3. The van der Waals surface area contributed by atoms with E-state index >= 15 is 0 Å². The molecule has 17 heavy (non-hydrogen) atoms. The highest BCUT2D eigenvalue weighted by Gasteiger charge is 2.27. The van der Waals surface area contributed by atoms with E-state index in [-0.39, 0.29) is 0 Å². The molecule has 2 fully saturated rings. The second-order valence-electron chi connectivity index (χ2n) is 5.74. The summed E-state index contributed by atoms with van der Waals surface area (Å²) in [6.07, 6.45) is 4.20. The monoisotopic (exact) mass is 256 g/mol. The topological polar surface area (TPSA) is 32.3 Å². The number of carbonyl (C=O) groups is 1. The van der Waals surface area contributed by atoms with E-state index in [1.165, 1.54) is 12.8 Å². The minimum absolute atomic E-state index is 0.334. The fourth-order valence-electron chi connectivity index (χ4n) is 2.54. The Labute approximate surface area is 109 Å². The van der Waals surface area contributed by atoms with Crippen molar-refractivity contribution in [2.45, 2.75) is 50.3 Å². The van der Waals surface area contributed by atoms with Crippen LogP contribution in [0.3, 0.4) is 0 Å². The number of thioether (sulfide) groups is 1. The third kappa shape index (κ3) is 3.88. The molecule has 0 aliphatic carbocycles. The Bertz CT molecular complexity index is 275. The van der Waals surface area contributed by atoms with Crippen LogP contribution in [0.15, 0.2) is 0 Å². The van der Waals surface area contributed by atoms with Crippen molar-refractivity contribution >= 4 is 17.7 Å². The van der Waals surface area contributed by atoms with Crippen molar-refractivity contribution in [3.8, 4) is 0 Å². The van der Waals surface area contributed by atoms with E-state index in [1.807, 2.05) is 11.8 Å². The predicted molar refractivity (Wildman–Crippen MR) is 73.4 cm³/mol. The number of carbonyl (C=O) groups excluding carboxylic acids is 1. The molecule has 0 radical (unpaired) electrons. The molecule has 0 aromatic rings. The van der Waals surface area contributed by atoms with Gasteiger partial charge in [-0.15, -0.1) is 0 Å². The minimum Gasteiger partial charge on any atom is -0.342 e. The lowest BCUT2D eigenvalue weighted by Crippen LogP contribution is -2.37. The first-order valence-corrected chi connectivity index (χ1v) is 7.70. The Morgan fingerprint density at radius 2 is 2.29 bits per heavy atom. The lowest BCUT2D eigenvalue weighted by Gasteiger charge is -2.23. The summed E-state index contributed by atoms with van der Waals surface area (Å²) in [6.45, 7) is 7.51. The van der Waals surface area contributed by atoms with Crippen LogP contribution in [0, 0.1) is 0 Å². The molecule has 1 unspecified atom stereocenters. The van der Waals surface area contributed by atoms with E-state index in [4.69, 9.17) is 0 Å². The molecule has 2 saturated heterocycles. The molecule has 3 nitrogen and oxygen atoms in total. The van der Waals surface area contributed by atoms with Crippen molar-refractivity contribution in [2.75, 3.05) is 25.4 Å². The van der Waals surface area contributed by atoms with E-state index in [2.05, 4.69) is 24.1 Å². The number of nitrogens with one attached hydrogen (secondary N) is 1. The predicted octanol–water partition coefficient (Wildman–Crippen LogP) is 1.87. The average Bonchev–Trinajstić information content (AvgIpc) is 2.68. The summed E-state index contributed by atoms with van der Waals surface area (Å²) in [7, 11) is 0. The molecule has 1 amide bonds. The number of rotatable bonds is 2. The van der Waals surface area contributed by atoms with Gasteiger partial charge in [-0.3, -0.25) is 4.79 Å².